The molecule has 28 heavy (non-hydrogen) atoms. The van der Waals surface area contributed by atoms with Crippen molar-refractivity contribution in [3.8, 4) is 0 Å². The molecule has 2 heterocycles. The van der Waals surface area contributed by atoms with Gasteiger partial charge in [0.25, 0.3) is 0 Å². The molecule has 3 aromatic rings. The van der Waals surface area contributed by atoms with Crippen molar-refractivity contribution in [1.82, 2.24) is 29.5 Å². The molecular weight excluding hydrogens is 374 g/mol. The molecule has 0 amide bonds. The number of rotatable bonds is 9. The van der Waals surface area contributed by atoms with E-state index in [4.69, 9.17) is 9.47 Å². The van der Waals surface area contributed by atoms with Crippen LogP contribution in [-0.2, 0) is 33.0 Å². The topological polar surface area (TPSA) is 97.0 Å². The van der Waals surface area contributed by atoms with E-state index in [9.17, 15) is 13.6 Å². The average Bonchev–Trinajstić information content (AvgIpc) is 3.34. The molecule has 0 aliphatic carbocycles. The largest absolute Gasteiger partial charge is 0.464 e. The standard InChI is InChI=1S/C17H18F2N6O3/c1-2-27-16(26)6-28-17(7-24-11-20-9-22-24,8-25-12-21-10-23-25)14-4-3-13(18)5-15(14)19/h3-5,9-12H,2,6-8H2,1H3. The number of hydrogen-bond donors (Lipinski definition) is 0. The first-order valence-corrected chi connectivity index (χ1v) is 8.42. The highest BCUT2D eigenvalue weighted by Crippen LogP contribution is 2.32. The summed E-state index contributed by atoms with van der Waals surface area (Å²) in [5.41, 5.74) is -1.43. The van der Waals surface area contributed by atoms with Crippen molar-refractivity contribution in [1.29, 1.82) is 0 Å². The van der Waals surface area contributed by atoms with Gasteiger partial charge in [0, 0.05) is 11.6 Å². The van der Waals surface area contributed by atoms with Crippen molar-refractivity contribution >= 4 is 5.97 Å². The van der Waals surface area contributed by atoms with Crippen LogP contribution in [0, 0.1) is 11.6 Å². The molecule has 0 spiro atoms. The summed E-state index contributed by atoms with van der Waals surface area (Å²) >= 11 is 0. The molecule has 0 unspecified atom stereocenters. The molecule has 0 atom stereocenters. The Kier molecular flexibility index (Phi) is 6.04. The van der Waals surface area contributed by atoms with E-state index in [2.05, 4.69) is 20.2 Å². The molecule has 9 nitrogen and oxygen atoms in total. The number of ether oxygens (including phenoxy) is 2. The fourth-order valence-corrected chi connectivity index (χ4v) is 2.80. The van der Waals surface area contributed by atoms with Crippen LogP contribution < -0.4 is 0 Å². The highest BCUT2D eigenvalue weighted by atomic mass is 19.1. The molecule has 0 radical (unpaired) electrons. The van der Waals surface area contributed by atoms with Crippen LogP contribution >= 0.6 is 0 Å². The SMILES string of the molecule is CCOC(=O)COC(Cn1cncn1)(Cn1cncn1)c1ccc(F)cc1F. The third-order valence-corrected chi connectivity index (χ3v) is 3.96. The third kappa shape index (κ3) is 4.55. The highest BCUT2D eigenvalue weighted by Gasteiger charge is 2.39. The van der Waals surface area contributed by atoms with Gasteiger partial charge < -0.3 is 9.47 Å². The average molecular weight is 392 g/mol. The van der Waals surface area contributed by atoms with Crippen LogP contribution in [0.2, 0.25) is 0 Å². The second kappa shape index (κ2) is 8.65. The number of aromatic nitrogens is 6. The first-order valence-electron chi connectivity index (χ1n) is 8.42. The van der Waals surface area contributed by atoms with Crippen molar-refractivity contribution in [2.24, 2.45) is 0 Å². The molecular formula is C17H18F2N6O3. The summed E-state index contributed by atoms with van der Waals surface area (Å²) in [5, 5.41) is 8.07. The normalized spacial score (nSPS) is 11.5. The molecule has 0 saturated carbocycles. The number of carbonyl (C=O) groups excluding carboxylic acids is 1. The molecule has 11 heteroatoms. The molecule has 0 bridgehead atoms. The first kappa shape index (κ1) is 19.5. The maximum atomic E-state index is 14.7. The van der Waals surface area contributed by atoms with Crippen molar-refractivity contribution in [3.63, 3.8) is 0 Å². The minimum absolute atomic E-state index is 0.0190. The van der Waals surface area contributed by atoms with E-state index in [0.29, 0.717) is 0 Å². The molecule has 0 saturated heterocycles. The van der Waals surface area contributed by atoms with Gasteiger partial charge in [0.15, 0.2) is 0 Å². The van der Waals surface area contributed by atoms with E-state index in [1.165, 1.54) is 40.7 Å². The van der Waals surface area contributed by atoms with Gasteiger partial charge >= 0.3 is 5.97 Å². The molecule has 148 valence electrons. The first-order chi connectivity index (χ1) is 13.5. The van der Waals surface area contributed by atoms with Gasteiger partial charge in [-0.15, -0.1) is 0 Å². The van der Waals surface area contributed by atoms with Crippen molar-refractivity contribution in [2.45, 2.75) is 25.6 Å². The van der Waals surface area contributed by atoms with Crippen LogP contribution in [0.4, 0.5) is 8.78 Å². The molecule has 1 aromatic carbocycles. The predicted molar refractivity (Wildman–Crippen MR) is 90.7 cm³/mol. The van der Waals surface area contributed by atoms with E-state index in [1.807, 2.05) is 0 Å². The van der Waals surface area contributed by atoms with Gasteiger partial charge in [-0.3, -0.25) is 0 Å². The lowest BCUT2D eigenvalue weighted by atomic mass is 9.92. The summed E-state index contributed by atoms with van der Waals surface area (Å²) in [6, 6.07) is 3.13. The van der Waals surface area contributed by atoms with Gasteiger partial charge in [-0.05, 0) is 13.0 Å². The number of halogens is 2. The Morgan fingerprint density at radius 2 is 1.75 bits per heavy atom. The van der Waals surface area contributed by atoms with Crippen molar-refractivity contribution < 1.29 is 23.0 Å². The van der Waals surface area contributed by atoms with Crippen LogP contribution in [0.1, 0.15) is 12.5 Å². The van der Waals surface area contributed by atoms with Crippen LogP contribution in [0.25, 0.3) is 0 Å². The van der Waals surface area contributed by atoms with E-state index < -0.39 is 29.8 Å². The Morgan fingerprint density at radius 1 is 1.11 bits per heavy atom. The lowest BCUT2D eigenvalue weighted by molar-refractivity contribution is -0.160. The number of benzene rings is 1. The lowest BCUT2D eigenvalue weighted by Gasteiger charge is -2.34. The Bertz CT molecular complexity index is 866. The maximum absolute atomic E-state index is 14.7. The van der Waals surface area contributed by atoms with Gasteiger partial charge in [0.2, 0.25) is 0 Å². The second-order valence-corrected chi connectivity index (χ2v) is 5.90. The number of nitrogens with zero attached hydrogens (tertiary/aromatic N) is 6. The van der Waals surface area contributed by atoms with E-state index in [-0.39, 0.29) is 25.3 Å². The molecule has 0 N–H and O–H groups in total. The van der Waals surface area contributed by atoms with Gasteiger partial charge in [-0.2, -0.15) is 10.2 Å². The molecule has 3 rings (SSSR count). The number of esters is 1. The summed E-state index contributed by atoms with van der Waals surface area (Å²) in [4.78, 5) is 19.6. The predicted octanol–water partition coefficient (Wildman–Crippen LogP) is 1.32. The summed E-state index contributed by atoms with van der Waals surface area (Å²) in [6.45, 7) is 1.35. The second-order valence-electron chi connectivity index (χ2n) is 5.90. The molecule has 0 fully saturated rings. The zero-order valence-electron chi connectivity index (χ0n) is 15.0. The summed E-state index contributed by atoms with van der Waals surface area (Å²) < 4.78 is 41.9. The van der Waals surface area contributed by atoms with Gasteiger partial charge in [0.05, 0.1) is 19.7 Å². The van der Waals surface area contributed by atoms with Crippen molar-refractivity contribution in [3.05, 3.63) is 60.7 Å². The fourth-order valence-electron chi connectivity index (χ4n) is 2.80. The molecule has 0 aliphatic heterocycles. The van der Waals surface area contributed by atoms with Crippen LogP contribution in [0.3, 0.4) is 0 Å². The van der Waals surface area contributed by atoms with Gasteiger partial charge in [-0.25, -0.2) is 32.9 Å². The number of carbonyl (C=O) groups is 1. The molecule has 2 aromatic heterocycles. The van der Waals surface area contributed by atoms with Crippen LogP contribution in [0.5, 0.6) is 0 Å². The van der Waals surface area contributed by atoms with E-state index in [0.717, 1.165) is 12.1 Å². The highest BCUT2D eigenvalue weighted by molar-refractivity contribution is 5.70. The Hall–Kier alpha value is -3.21. The minimum atomic E-state index is -1.47. The van der Waals surface area contributed by atoms with E-state index >= 15 is 0 Å². The monoisotopic (exact) mass is 392 g/mol. The molecule has 0 aliphatic rings. The number of hydrogen-bond acceptors (Lipinski definition) is 7. The van der Waals surface area contributed by atoms with Crippen LogP contribution in [-0.4, -0.2) is 48.7 Å². The Morgan fingerprint density at radius 3 is 2.25 bits per heavy atom. The van der Waals surface area contributed by atoms with Crippen molar-refractivity contribution in [2.75, 3.05) is 13.2 Å². The minimum Gasteiger partial charge on any atom is -0.464 e. The zero-order valence-corrected chi connectivity index (χ0v) is 15.0. The van der Waals surface area contributed by atoms with E-state index in [1.54, 1.807) is 6.92 Å². The Labute approximate surface area is 158 Å². The quantitative estimate of drug-likeness (QED) is 0.507. The summed E-state index contributed by atoms with van der Waals surface area (Å²) in [5.74, 6) is -2.18. The Balaban J connectivity index is 2.04. The van der Waals surface area contributed by atoms with Gasteiger partial charge in [0.1, 0.15) is 49.2 Å². The zero-order chi connectivity index (χ0) is 20.0. The lowest BCUT2D eigenvalue weighted by Crippen LogP contribution is -2.42. The smallest absolute Gasteiger partial charge is 0.332 e. The van der Waals surface area contributed by atoms with Crippen LogP contribution in [0.15, 0.2) is 43.5 Å². The summed E-state index contributed by atoms with van der Waals surface area (Å²) in [6.07, 6.45) is 5.47. The van der Waals surface area contributed by atoms with Gasteiger partial charge in [-0.1, -0.05) is 6.07 Å². The summed E-state index contributed by atoms with van der Waals surface area (Å²) in [7, 11) is 0. The fraction of sp³-hybridized carbons (Fsp3) is 0.353. The third-order valence-electron chi connectivity index (χ3n) is 3.96. The maximum Gasteiger partial charge on any atom is 0.332 e.